The van der Waals surface area contributed by atoms with E-state index < -0.39 is 10.0 Å². The van der Waals surface area contributed by atoms with Gasteiger partial charge in [0.2, 0.25) is 0 Å². The fourth-order valence-electron chi connectivity index (χ4n) is 3.40. The van der Waals surface area contributed by atoms with Crippen molar-refractivity contribution in [3.8, 4) is 17.0 Å². The first-order valence-corrected chi connectivity index (χ1v) is 12.1. The van der Waals surface area contributed by atoms with Crippen LogP contribution in [0.3, 0.4) is 0 Å². The van der Waals surface area contributed by atoms with Crippen LogP contribution in [-0.2, 0) is 16.4 Å². The Bertz CT molecular complexity index is 1110. The summed E-state index contributed by atoms with van der Waals surface area (Å²) < 4.78 is 33.0. The van der Waals surface area contributed by atoms with E-state index in [2.05, 4.69) is 15.1 Å². The maximum absolute atomic E-state index is 12.9. The number of hydrogen-bond acceptors (Lipinski definition) is 7. The van der Waals surface area contributed by atoms with Crippen LogP contribution in [-0.4, -0.2) is 56.2 Å². The molecule has 1 aliphatic rings. The fourth-order valence-corrected chi connectivity index (χ4v) is 6.27. The van der Waals surface area contributed by atoms with Crippen molar-refractivity contribution < 1.29 is 13.2 Å². The molecule has 0 N–H and O–H groups in total. The molecule has 1 saturated heterocycles. The summed E-state index contributed by atoms with van der Waals surface area (Å²) in [7, 11) is -1.80. The maximum atomic E-state index is 12.9. The summed E-state index contributed by atoms with van der Waals surface area (Å²) in [6.45, 7) is 4.06. The molecule has 0 radical (unpaired) electrons. The number of piperazine rings is 1. The van der Waals surface area contributed by atoms with Gasteiger partial charge in [0.25, 0.3) is 10.0 Å². The zero-order valence-electron chi connectivity index (χ0n) is 17.0. The normalized spacial score (nSPS) is 15.3. The third kappa shape index (κ3) is 4.19. The lowest BCUT2D eigenvalue weighted by Crippen LogP contribution is -2.48. The van der Waals surface area contributed by atoms with Gasteiger partial charge >= 0.3 is 0 Å². The van der Waals surface area contributed by atoms with Gasteiger partial charge < -0.3 is 9.64 Å². The molecule has 0 bridgehead atoms. The lowest BCUT2D eigenvalue weighted by atomic mass is 10.1. The highest BCUT2D eigenvalue weighted by Gasteiger charge is 2.30. The molecule has 0 spiro atoms. The first-order chi connectivity index (χ1) is 14.5. The fraction of sp³-hybridized carbons (Fsp3) is 0.333. The van der Waals surface area contributed by atoms with E-state index in [1.807, 2.05) is 49.4 Å². The van der Waals surface area contributed by atoms with Crippen molar-refractivity contribution in [3.63, 3.8) is 0 Å². The number of sulfonamides is 1. The maximum Gasteiger partial charge on any atom is 0.252 e. The number of thiophene rings is 1. The number of aromatic nitrogens is 2. The highest BCUT2D eigenvalue weighted by atomic mass is 32.2. The number of benzene rings is 1. The summed E-state index contributed by atoms with van der Waals surface area (Å²) in [4.78, 5) is 3.15. The minimum atomic E-state index is -3.43. The van der Waals surface area contributed by atoms with Gasteiger partial charge in [-0.25, -0.2) is 8.42 Å². The van der Waals surface area contributed by atoms with E-state index in [-0.39, 0.29) is 0 Å². The molecule has 0 aliphatic carbocycles. The Kier molecular flexibility index (Phi) is 6.03. The van der Waals surface area contributed by atoms with Crippen LogP contribution in [0.25, 0.3) is 11.3 Å². The Morgan fingerprint density at radius 3 is 2.47 bits per heavy atom. The lowest BCUT2D eigenvalue weighted by Gasteiger charge is -2.34. The number of anilines is 1. The van der Waals surface area contributed by atoms with E-state index in [4.69, 9.17) is 4.74 Å². The number of nitrogens with zero attached hydrogens (tertiary/aromatic N) is 4. The molecule has 9 heteroatoms. The topological polar surface area (TPSA) is 75.6 Å². The Balaban J connectivity index is 1.42. The molecule has 30 heavy (non-hydrogen) atoms. The molecular weight excluding hydrogens is 420 g/mol. The summed E-state index contributed by atoms with van der Waals surface area (Å²) in [5.41, 5.74) is 1.70. The van der Waals surface area contributed by atoms with Crippen LogP contribution < -0.4 is 9.64 Å². The quantitative estimate of drug-likeness (QED) is 0.581. The molecule has 3 heterocycles. The molecule has 0 saturated carbocycles. The minimum Gasteiger partial charge on any atom is -0.497 e. The van der Waals surface area contributed by atoms with Crippen molar-refractivity contribution in [2.75, 3.05) is 38.2 Å². The Hall–Kier alpha value is -2.49. The van der Waals surface area contributed by atoms with Crippen molar-refractivity contribution in [1.29, 1.82) is 0 Å². The number of ether oxygens (including phenoxy) is 1. The lowest BCUT2D eigenvalue weighted by molar-refractivity contribution is 0.384. The molecule has 1 aromatic carbocycles. The van der Waals surface area contributed by atoms with Gasteiger partial charge in [-0.15, -0.1) is 21.5 Å². The third-order valence-corrected chi connectivity index (χ3v) is 8.75. The van der Waals surface area contributed by atoms with Crippen molar-refractivity contribution in [1.82, 2.24) is 14.5 Å². The summed E-state index contributed by atoms with van der Waals surface area (Å²) in [5, 5.41) is 8.71. The van der Waals surface area contributed by atoms with Gasteiger partial charge in [-0.2, -0.15) is 4.31 Å². The van der Waals surface area contributed by atoms with Gasteiger partial charge in [0.15, 0.2) is 5.82 Å². The van der Waals surface area contributed by atoms with E-state index in [1.54, 1.807) is 17.5 Å². The van der Waals surface area contributed by atoms with Gasteiger partial charge in [0.1, 0.15) is 9.96 Å². The predicted octanol–water partition coefficient (Wildman–Crippen LogP) is 3.29. The second-order valence-electron chi connectivity index (χ2n) is 6.97. The van der Waals surface area contributed by atoms with E-state index in [9.17, 15) is 8.42 Å². The molecule has 1 fully saturated rings. The van der Waals surface area contributed by atoms with Gasteiger partial charge in [-0.3, -0.25) is 0 Å². The predicted molar refractivity (Wildman–Crippen MR) is 119 cm³/mol. The van der Waals surface area contributed by atoms with Crippen LogP contribution in [0.1, 0.15) is 11.8 Å². The monoisotopic (exact) mass is 444 g/mol. The van der Waals surface area contributed by atoms with Crippen LogP contribution in [0.4, 0.5) is 5.82 Å². The average molecular weight is 445 g/mol. The first-order valence-electron chi connectivity index (χ1n) is 9.83. The van der Waals surface area contributed by atoms with Gasteiger partial charge in [0, 0.05) is 36.6 Å². The minimum absolute atomic E-state index is 0.426. The SMILES string of the molecule is CCc1ccc(S(=O)(=O)N2CCN(c3ccc(-c4cccc(OC)c4)nn3)CC2)s1. The van der Waals surface area contributed by atoms with Crippen molar-refractivity contribution in [3.05, 3.63) is 53.4 Å². The molecule has 7 nitrogen and oxygen atoms in total. The Morgan fingerprint density at radius 1 is 1.03 bits per heavy atom. The summed E-state index contributed by atoms with van der Waals surface area (Å²) in [6, 6.07) is 15.2. The zero-order chi connectivity index (χ0) is 21.1. The third-order valence-electron chi connectivity index (χ3n) is 5.16. The van der Waals surface area contributed by atoms with Crippen molar-refractivity contribution in [2.24, 2.45) is 0 Å². The largest absolute Gasteiger partial charge is 0.497 e. The van der Waals surface area contributed by atoms with Crippen molar-refractivity contribution in [2.45, 2.75) is 17.6 Å². The van der Waals surface area contributed by atoms with Crippen LogP contribution >= 0.6 is 11.3 Å². The first kappa shape index (κ1) is 20.8. The molecule has 3 aromatic rings. The summed E-state index contributed by atoms with van der Waals surface area (Å²) >= 11 is 1.36. The number of rotatable bonds is 6. The van der Waals surface area contributed by atoms with E-state index >= 15 is 0 Å². The highest BCUT2D eigenvalue weighted by Crippen LogP contribution is 2.27. The van der Waals surface area contributed by atoms with E-state index in [0.717, 1.165) is 34.1 Å². The molecule has 0 unspecified atom stereocenters. The van der Waals surface area contributed by atoms with Gasteiger partial charge in [0.05, 0.1) is 12.8 Å². The molecule has 2 aromatic heterocycles. The van der Waals surface area contributed by atoms with Gasteiger partial charge in [-0.1, -0.05) is 19.1 Å². The van der Waals surface area contributed by atoms with Gasteiger partial charge in [-0.05, 0) is 42.8 Å². The van der Waals surface area contributed by atoms with E-state index in [0.29, 0.717) is 30.4 Å². The van der Waals surface area contributed by atoms with E-state index in [1.165, 1.54) is 11.3 Å². The molecular formula is C21H24N4O3S2. The molecule has 4 rings (SSSR count). The zero-order valence-corrected chi connectivity index (χ0v) is 18.6. The van der Waals surface area contributed by atoms with Crippen LogP contribution in [0, 0.1) is 0 Å². The molecule has 1 aliphatic heterocycles. The smallest absolute Gasteiger partial charge is 0.252 e. The highest BCUT2D eigenvalue weighted by molar-refractivity contribution is 7.91. The second kappa shape index (κ2) is 8.71. The van der Waals surface area contributed by atoms with Crippen LogP contribution in [0.5, 0.6) is 5.75 Å². The summed E-state index contributed by atoms with van der Waals surface area (Å²) in [5.74, 6) is 1.52. The van der Waals surface area contributed by atoms with Crippen LogP contribution in [0.2, 0.25) is 0 Å². The summed E-state index contributed by atoms with van der Waals surface area (Å²) in [6.07, 6.45) is 0.846. The standard InChI is InChI=1S/C21H24N4O3S2/c1-3-18-7-10-21(29-18)30(26,27)25-13-11-24(12-14-25)20-9-8-19(22-23-20)16-5-4-6-17(15-16)28-2/h4-10,15H,3,11-14H2,1-2H3. The molecule has 0 atom stereocenters. The number of hydrogen-bond donors (Lipinski definition) is 0. The Morgan fingerprint density at radius 2 is 1.83 bits per heavy atom. The number of aryl methyl sites for hydroxylation is 1. The van der Waals surface area contributed by atoms with Crippen molar-refractivity contribution >= 4 is 27.2 Å². The average Bonchev–Trinajstić information content (AvgIpc) is 3.30. The number of methoxy groups -OCH3 is 1. The molecule has 158 valence electrons. The Labute approximate surface area is 181 Å². The van der Waals surface area contributed by atoms with Crippen LogP contribution in [0.15, 0.2) is 52.7 Å². The second-order valence-corrected chi connectivity index (χ2v) is 10.3. The molecule has 0 amide bonds.